The van der Waals surface area contributed by atoms with E-state index in [1.54, 1.807) is 5.43 Å². The molecule has 2 aliphatic heterocycles. The van der Waals surface area contributed by atoms with Crippen LogP contribution in [0.1, 0.15) is 0 Å². The molecule has 2 aliphatic rings. The molecule has 0 bridgehead atoms. The first-order valence-corrected chi connectivity index (χ1v) is 3.94. The van der Waals surface area contributed by atoms with Crippen LogP contribution in [0.15, 0.2) is 22.4 Å². The lowest BCUT2D eigenvalue weighted by Gasteiger charge is -2.31. The van der Waals surface area contributed by atoms with Gasteiger partial charge >= 0.3 is 11.3 Å². The fourth-order valence-electron chi connectivity index (χ4n) is 1.05. The number of hydrogen-bond acceptors (Lipinski definition) is 4. The molecule has 76 valence electrons. The Labute approximate surface area is 81.7 Å². The zero-order valence-electron chi connectivity index (χ0n) is 6.59. The topological polar surface area (TPSA) is 40.0 Å². The average molecular weight is 225 g/mol. The molecular weight excluding hydrogens is 221 g/mol. The summed E-state index contributed by atoms with van der Waals surface area (Å²) in [7, 11) is 0. The van der Waals surface area contributed by atoms with E-state index in [9.17, 15) is 13.2 Å². The van der Waals surface area contributed by atoms with Crippen molar-refractivity contribution in [2.24, 2.45) is 10.2 Å². The van der Waals surface area contributed by atoms with Gasteiger partial charge in [-0.3, -0.25) is 5.43 Å². The van der Waals surface area contributed by atoms with Crippen molar-refractivity contribution in [3.8, 4) is 0 Å². The van der Waals surface area contributed by atoms with Crippen molar-refractivity contribution < 1.29 is 13.2 Å². The molecule has 1 atom stereocenters. The highest BCUT2D eigenvalue weighted by atomic mass is 35.5. The number of nitrogens with zero attached hydrogens (tertiary/aromatic N) is 3. The summed E-state index contributed by atoms with van der Waals surface area (Å²) in [5, 5.41) is 4.71. The van der Waals surface area contributed by atoms with Crippen LogP contribution in [-0.2, 0) is 0 Å². The molecule has 0 aliphatic carbocycles. The van der Waals surface area contributed by atoms with Crippen LogP contribution in [0.2, 0.25) is 0 Å². The first kappa shape index (κ1) is 9.32. The van der Waals surface area contributed by atoms with Gasteiger partial charge < -0.3 is 0 Å². The molecule has 0 fully saturated rings. The van der Waals surface area contributed by atoms with E-state index in [2.05, 4.69) is 10.2 Å². The Morgan fingerprint density at radius 1 is 1.50 bits per heavy atom. The second-order valence-electron chi connectivity index (χ2n) is 2.64. The summed E-state index contributed by atoms with van der Waals surface area (Å²) in [6.45, 7) is 0. The molecule has 0 aromatic rings. The minimum atomic E-state index is -4.68. The van der Waals surface area contributed by atoms with Crippen molar-refractivity contribution in [2.45, 2.75) is 11.3 Å². The number of fused-ring (bicyclic) bond motifs is 1. The van der Waals surface area contributed by atoms with E-state index in [0.29, 0.717) is 5.01 Å². The molecule has 4 nitrogen and oxygen atoms in total. The largest absolute Gasteiger partial charge is 0.449 e. The Morgan fingerprint density at radius 3 is 2.86 bits per heavy atom. The van der Waals surface area contributed by atoms with Gasteiger partial charge in [0, 0.05) is 6.21 Å². The maximum absolute atomic E-state index is 12.5. The maximum Gasteiger partial charge on any atom is 0.449 e. The van der Waals surface area contributed by atoms with Crippen molar-refractivity contribution in [1.82, 2.24) is 10.4 Å². The van der Waals surface area contributed by atoms with Crippen LogP contribution in [0.3, 0.4) is 0 Å². The molecule has 0 aromatic heterocycles. The van der Waals surface area contributed by atoms with Gasteiger partial charge in [0.15, 0.2) is 5.84 Å². The Morgan fingerprint density at radius 2 is 2.21 bits per heavy atom. The highest BCUT2D eigenvalue weighted by molar-refractivity contribution is 6.26. The third kappa shape index (κ3) is 1.08. The molecule has 0 aromatic carbocycles. The summed E-state index contributed by atoms with van der Waals surface area (Å²) in [5.74, 6) is 0.0276. The number of halogens is 4. The lowest BCUT2D eigenvalue weighted by Crippen LogP contribution is -2.57. The molecule has 0 saturated carbocycles. The van der Waals surface area contributed by atoms with E-state index in [1.165, 1.54) is 18.4 Å². The first-order valence-electron chi connectivity index (χ1n) is 3.56. The van der Waals surface area contributed by atoms with Crippen LogP contribution in [-0.4, -0.2) is 28.4 Å². The SMILES string of the molecule is FC(F)(F)C1(Cl)NN=C2C=CC=NN21. The molecular formula is C6H4ClF3N4. The number of nitrogens with one attached hydrogen (secondary N) is 1. The molecule has 8 heteroatoms. The summed E-state index contributed by atoms with van der Waals surface area (Å²) < 4.78 is 37.5. The first-order chi connectivity index (χ1) is 6.45. The fourth-order valence-corrected chi connectivity index (χ4v) is 1.22. The molecule has 0 spiro atoms. The number of rotatable bonds is 0. The minimum absolute atomic E-state index is 0.0276. The lowest BCUT2D eigenvalue weighted by atomic mass is 10.4. The number of hydrogen-bond donors (Lipinski definition) is 1. The number of alkyl halides is 4. The minimum Gasteiger partial charge on any atom is -0.260 e. The van der Waals surface area contributed by atoms with E-state index in [0.717, 1.165) is 0 Å². The van der Waals surface area contributed by atoms with Crippen LogP contribution in [0.5, 0.6) is 0 Å². The van der Waals surface area contributed by atoms with Gasteiger partial charge in [-0.15, -0.1) is 0 Å². The smallest absolute Gasteiger partial charge is 0.260 e. The van der Waals surface area contributed by atoms with Gasteiger partial charge in [-0.25, -0.2) is 0 Å². The Balaban J connectivity index is 2.36. The van der Waals surface area contributed by atoms with Crippen LogP contribution >= 0.6 is 11.6 Å². The quantitative estimate of drug-likeness (QED) is 0.496. The van der Waals surface area contributed by atoms with Crippen LogP contribution < -0.4 is 5.43 Å². The van der Waals surface area contributed by atoms with E-state index in [1.807, 2.05) is 0 Å². The zero-order chi connectivity index (χ0) is 10.4. The second-order valence-corrected chi connectivity index (χ2v) is 3.18. The summed E-state index contributed by atoms with van der Waals surface area (Å²) in [4.78, 5) is 0. The van der Waals surface area contributed by atoms with Gasteiger partial charge in [0.05, 0.1) is 0 Å². The predicted octanol–water partition coefficient (Wildman–Crippen LogP) is 1.22. The monoisotopic (exact) mass is 224 g/mol. The standard InChI is InChI=1S/C6H4ClF3N4/c7-5(6(8,9)10)13-12-4-2-1-3-11-14(4)5/h1-3,13H. The number of hydrazone groups is 2. The summed E-state index contributed by atoms with van der Waals surface area (Å²) in [6, 6.07) is 0. The van der Waals surface area contributed by atoms with Crippen LogP contribution in [0, 0.1) is 0 Å². The molecule has 14 heavy (non-hydrogen) atoms. The highest BCUT2D eigenvalue weighted by Crippen LogP contribution is 2.40. The second kappa shape index (κ2) is 2.63. The number of allylic oxidation sites excluding steroid dienone is 1. The van der Waals surface area contributed by atoms with E-state index in [4.69, 9.17) is 11.6 Å². The summed E-state index contributed by atoms with van der Waals surface area (Å²) >= 11 is 5.35. The Hall–Kier alpha value is -1.24. The highest BCUT2D eigenvalue weighted by Gasteiger charge is 2.62. The fraction of sp³-hybridized carbons (Fsp3) is 0.333. The molecule has 2 heterocycles. The van der Waals surface area contributed by atoms with Crippen molar-refractivity contribution >= 4 is 23.7 Å². The van der Waals surface area contributed by atoms with E-state index < -0.39 is 11.3 Å². The van der Waals surface area contributed by atoms with Gasteiger partial charge in [-0.05, 0) is 12.2 Å². The molecule has 0 radical (unpaired) electrons. The third-order valence-corrected chi connectivity index (χ3v) is 2.18. The van der Waals surface area contributed by atoms with Crippen molar-refractivity contribution in [3.63, 3.8) is 0 Å². The number of amidine groups is 1. The molecule has 0 amide bonds. The van der Waals surface area contributed by atoms with Crippen LogP contribution in [0.25, 0.3) is 0 Å². The van der Waals surface area contributed by atoms with Crippen LogP contribution in [0.4, 0.5) is 13.2 Å². The lowest BCUT2D eigenvalue weighted by molar-refractivity contribution is -0.195. The summed E-state index contributed by atoms with van der Waals surface area (Å²) in [5.41, 5.74) is 1.80. The molecule has 0 saturated heterocycles. The van der Waals surface area contributed by atoms with Gasteiger partial charge in [0.2, 0.25) is 0 Å². The van der Waals surface area contributed by atoms with Crippen molar-refractivity contribution in [2.75, 3.05) is 0 Å². The van der Waals surface area contributed by atoms with Gasteiger partial charge in [0.25, 0.3) is 0 Å². The third-order valence-electron chi connectivity index (χ3n) is 1.72. The van der Waals surface area contributed by atoms with Gasteiger partial charge in [0.1, 0.15) is 0 Å². The molecule has 1 unspecified atom stereocenters. The summed E-state index contributed by atoms with van der Waals surface area (Å²) in [6.07, 6.45) is -0.636. The molecule has 2 rings (SSSR count). The van der Waals surface area contributed by atoms with Gasteiger partial charge in [-0.1, -0.05) is 11.6 Å². The zero-order valence-corrected chi connectivity index (χ0v) is 7.34. The predicted molar refractivity (Wildman–Crippen MR) is 44.7 cm³/mol. The van der Waals surface area contributed by atoms with Crippen molar-refractivity contribution in [1.29, 1.82) is 0 Å². The van der Waals surface area contributed by atoms with E-state index >= 15 is 0 Å². The maximum atomic E-state index is 12.5. The Kier molecular flexibility index (Phi) is 1.75. The Bertz CT molecular complexity index is 347. The normalized spacial score (nSPS) is 30.0. The van der Waals surface area contributed by atoms with Gasteiger partial charge in [-0.2, -0.15) is 28.4 Å². The van der Waals surface area contributed by atoms with E-state index in [-0.39, 0.29) is 5.84 Å². The average Bonchev–Trinajstić information content (AvgIpc) is 2.45. The van der Waals surface area contributed by atoms with Crippen molar-refractivity contribution in [3.05, 3.63) is 12.2 Å². The molecule has 1 N–H and O–H groups in total.